The lowest BCUT2D eigenvalue weighted by Crippen LogP contribution is -2.86. The maximum absolute atomic E-state index is 14.6. The second-order valence-corrected chi connectivity index (χ2v) is 12.3. The SMILES string of the molecule is CCCC(=O)C(C(=O)C(C)N)(C(=O)C(N)C(C)C)C(O)(O)C(C(=O)O)(C(=O)C(N)C(C)CC)N(C(=O)CN)C(=O)C(N)CCCCN. The Bertz CT molecular complexity index is 1180. The van der Waals surface area contributed by atoms with Crippen molar-refractivity contribution in [1.29, 1.82) is 0 Å². The molecule has 270 valence electrons. The van der Waals surface area contributed by atoms with Gasteiger partial charge in [0, 0.05) is 6.42 Å². The van der Waals surface area contributed by atoms with E-state index in [0.717, 1.165) is 6.92 Å². The summed E-state index contributed by atoms with van der Waals surface area (Å²) in [5.74, 6) is -19.6. The third-order valence-corrected chi connectivity index (χ3v) is 8.59. The molecule has 0 heterocycles. The van der Waals surface area contributed by atoms with E-state index >= 15 is 0 Å². The summed E-state index contributed by atoms with van der Waals surface area (Å²) in [5, 5.41) is 35.9. The van der Waals surface area contributed by atoms with Crippen LogP contribution in [0.1, 0.15) is 80.1 Å². The molecule has 0 fully saturated rings. The molecule has 2 amide bonds. The topological polar surface area (TPSA) is 340 Å². The van der Waals surface area contributed by atoms with Crippen LogP contribution in [0.25, 0.3) is 0 Å². The lowest BCUT2D eigenvalue weighted by atomic mass is 9.56. The van der Waals surface area contributed by atoms with Crippen molar-refractivity contribution < 1.29 is 48.9 Å². The number of unbranched alkanes of at least 4 members (excludes halogenated alkanes) is 1. The third-order valence-electron chi connectivity index (χ3n) is 8.59. The molecule has 0 aromatic carbocycles. The molecule has 0 saturated heterocycles. The maximum Gasteiger partial charge on any atom is 0.343 e. The molecule has 17 heteroatoms. The first-order valence-corrected chi connectivity index (χ1v) is 15.7. The van der Waals surface area contributed by atoms with E-state index in [9.17, 15) is 48.9 Å². The summed E-state index contributed by atoms with van der Waals surface area (Å²) in [7, 11) is 0. The predicted molar refractivity (Wildman–Crippen MR) is 171 cm³/mol. The average molecular weight is 674 g/mol. The zero-order valence-electron chi connectivity index (χ0n) is 28.2. The van der Waals surface area contributed by atoms with Crippen molar-refractivity contribution in [2.45, 2.75) is 116 Å². The minimum Gasteiger partial charge on any atom is -0.479 e. The van der Waals surface area contributed by atoms with E-state index in [1.54, 1.807) is 6.92 Å². The van der Waals surface area contributed by atoms with Gasteiger partial charge in [0.15, 0.2) is 23.1 Å². The number of nitrogens with two attached hydrogens (primary N) is 6. The van der Waals surface area contributed by atoms with Crippen LogP contribution in [0.4, 0.5) is 0 Å². The van der Waals surface area contributed by atoms with E-state index < -0.39 is 107 Å². The van der Waals surface area contributed by atoms with Crippen LogP contribution in [0.15, 0.2) is 0 Å². The van der Waals surface area contributed by atoms with Gasteiger partial charge in [-0.15, -0.1) is 0 Å². The lowest BCUT2D eigenvalue weighted by molar-refractivity contribution is -0.277. The van der Waals surface area contributed by atoms with Gasteiger partial charge in [0.05, 0.1) is 30.7 Å². The Hall–Kier alpha value is -3.03. The summed E-state index contributed by atoms with van der Waals surface area (Å²) in [6.45, 7) is 7.04. The summed E-state index contributed by atoms with van der Waals surface area (Å²) >= 11 is 0. The van der Waals surface area contributed by atoms with Crippen LogP contribution in [0.5, 0.6) is 0 Å². The molecule has 0 saturated carbocycles. The van der Waals surface area contributed by atoms with E-state index in [2.05, 4.69) is 0 Å². The molecule has 0 rings (SSSR count). The van der Waals surface area contributed by atoms with Crippen molar-refractivity contribution in [2.75, 3.05) is 13.1 Å². The average Bonchev–Trinajstić information content (AvgIpc) is 3.00. The van der Waals surface area contributed by atoms with Gasteiger partial charge in [-0.3, -0.25) is 33.7 Å². The highest BCUT2D eigenvalue weighted by molar-refractivity contribution is 6.30. The zero-order valence-corrected chi connectivity index (χ0v) is 28.2. The molecular weight excluding hydrogens is 618 g/mol. The summed E-state index contributed by atoms with van der Waals surface area (Å²) in [6, 6.07) is -7.54. The number of ketones is 4. The van der Waals surface area contributed by atoms with E-state index in [1.807, 2.05) is 0 Å². The summed E-state index contributed by atoms with van der Waals surface area (Å²) < 4.78 is 0. The highest BCUT2D eigenvalue weighted by atomic mass is 16.5. The highest BCUT2D eigenvalue weighted by Crippen LogP contribution is 2.48. The number of hydrogen-bond acceptors (Lipinski definition) is 15. The number of amides is 2. The molecule has 0 spiro atoms. The third kappa shape index (κ3) is 8.00. The molecule has 0 aliphatic carbocycles. The standard InChI is InChI=1S/C30H55N7O10/c1-7-11-19(38)28(23(40)17(6)33,24(41)21(35)15(3)4)30(46,47)29(27(44)45,25(42)22(36)16(5)8-2)37(20(39)14-32)26(43)18(34)12-9-10-13-31/h15-18,21-22,46-47H,7-14,31-36H2,1-6H3,(H,44,45). The number of carboxylic acids is 1. The van der Waals surface area contributed by atoms with Crippen molar-refractivity contribution >= 4 is 40.9 Å². The van der Waals surface area contributed by atoms with Gasteiger partial charge in [0.25, 0.3) is 5.54 Å². The van der Waals surface area contributed by atoms with Crippen LogP contribution in [-0.4, -0.2) is 110 Å². The molecule has 47 heavy (non-hydrogen) atoms. The maximum atomic E-state index is 14.6. The number of hydrogen-bond donors (Lipinski definition) is 9. The summed E-state index contributed by atoms with van der Waals surface area (Å²) in [6.07, 6.45) is -0.566. The molecule has 0 aliphatic rings. The Morgan fingerprint density at radius 3 is 1.70 bits per heavy atom. The van der Waals surface area contributed by atoms with Crippen LogP contribution in [0, 0.1) is 17.3 Å². The second-order valence-electron chi connectivity index (χ2n) is 12.3. The van der Waals surface area contributed by atoms with Gasteiger partial charge in [-0.2, -0.15) is 0 Å². The number of nitrogens with zero attached hydrogens (tertiary/aromatic N) is 1. The molecule has 0 aromatic rings. The van der Waals surface area contributed by atoms with Crippen LogP contribution in [-0.2, 0) is 33.6 Å². The van der Waals surface area contributed by atoms with Crippen molar-refractivity contribution in [3.8, 4) is 0 Å². The van der Waals surface area contributed by atoms with Crippen LogP contribution in [0.2, 0.25) is 0 Å². The molecule has 15 N–H and O–H groups in total. The normalized spacial score (nSPS) is 17.8. The van der Waals surface area contributed by atoms with Gasteiger partial charge in [-0.25, -0.2) is 4.79 Å². The predicted octanol–water partition coefficient (Wildman–Crippen LogP) is -2.97. The number of imide groups is 1. The Kier molecular flexibility index (Phi) is 16.8. The first-order chi connectivity index (χ1) is 21.6. The number of Topliss-reactive ketones (excluding diaryl/α,β-unsaturated/α-hetero) is 4. The number of carbonyl (C=O) groups excluding carboxylic acids is 6. The number of aliphatic carboxylic acids is 1. The second kappa shape index (κ2) is 17.9. The fraction of sp³-hybridized carbons (Fsp3) is 0.767. The smallest absolute Gasteiger partial charge is 0.343 e. The highest BCUT2D eigenvalue weighted by Gasteiger charge is 2.81. The van der Waals surface area contributed by atoms with Crippen molar-refractivity contribution in [1.82, 2.24) is 4.90 Å². The minimum absolute atomic E-state index is 0.0830. The summed E-state index contributed by atoms with van der Waals surface area (Å²) in [4.78, 5) is 98.2. The van der Waals surface area contributed by atoms with E-state index in [1.165, 1.54) is 27.7 Å². The van der Waals surface area contributed by atoms with E-state index in [4.69, 9.17) is 34.4 Å². The Morgan fingerprint density at radius 1 is 0.787 bits per heavy atom. The van der Waals surface area contributed by atoms with Crippen LogP contribution in [0.3, 0.4) is 0 Å². The van der Waals surface area contributed by atoms with Gasteiger partial charge in [0.1, 0.15) is 0 Å². The largest absolute Gasteiger partial charge is 0.479 e. The first kappa shape index (κ1) is 44.0. The molecule has 0 radical (unpaired) electrons. The van der Waals surface area contributed by atoms with Gasteiger partial charge in [0.2, 0.25) is 23.0 Å². The number of rotatable bonds is 22. The van der Waals surface area contributed by atoms with Crippen LogP contribution >= 0.6 is 0 Å². The van der Waals surface area contributed by atoms with Crippen molar-refractivity contribution in [3.05, 3.63) is 0 Å². The molecule has 7 atom stereocenters. The van der Waals surface area contributed by atoms with Gasteiger partial charge in [-0.05, 0) is 44.6 Å². The Labute approximate surface area is 275 Å². The fourth-order valence-corrected chi connectivity index (χ4v) is 5.42. The minimum atomic E-state index is -4.77. The number of carboxylic acid groups (broad SMARTS) is 1. The summed E-state index contributed by atoms with van der Waals surface area (Å²) in [5.41, 5.74) is 26.9. The molecule has 0 aromatic heterocycles. The number of carbonyl (C=O) groups is 7. The van der Waals surface area contributed by atoms with Crippen molar-refractivity contribution in [3.63, 3.8) is 0 Å². The fourth-order valence-electron chi connectivity index (χ4n) is 5.42. The molecule has 0 aliphatic heterocycles. The van der Waals surface area contributed by atoms with Gasteiger partial charge >= 0.3 is 5.97 Å². The van der Waals surface area contributed by atoms with Gasteiger partial charge < -0.3 is 49.7 Å². The zero-order chi connectivity index (χ0) is 37.2. The Balaban J connectivity index is 8.95. The number of aliphatic hydroxyl groups is 2. The quantitative estimate of drug-likeness (QED) is 0.0314. The van der Waals surface area contributed by atoms with E-state index in [-0.39, 0.29) is 37.1 Å². The van der Waals surface area contributed by atoms with Gasteiger partial charge in [-0.1, -0.05) is 47.5 Å². The first-order valence-electron chi connectivity index (χ1n) is 15.7. The lowest BCUT2D eigenvalue weighted by Gasteiger charge is -2.53. The molecule has 7 unspecified atom stereocenters. The molecule has 0 bridgehead atoms. The molecular formula is C30H55N7O10. The monoisotopic (exact) mass is 673 g/mol. The Morgan fingerprint density at radius 2 is 1.32 bits per heavy atom. The van der Waals surface area contributed by atoms with Crippen LogP contribution < -0.4 is 34.4 Å². The van der Waals surface area contributed by atoms with Crippen molar-refractivity contribution in [2.24, 2.45) is 51.7 Å². The molecule has 17 nitrogen and oxygen atoms in total. The van der Waals surface area contributed by atoms with E-state index in [0.29, 0.717) is 6.42 Å².